The highest BCUT2D eigenvalue weighted by molar-refractivity contribution is 5.78. The van der Waals surface area contributed by atoms with Crippen LogP contribution >= 0.6 is 0 Å². The van der Waals surface area contributed by atoms with E-state index in [4.69, 9.17) is 4.74 Å². The quantitative estimate of drug-likeness (QED) is 0.738. The Morgan fingerprint density at radius 2 is 2.18 bits per heavy atom. The summed E-state index contributed by atoms with van der Waals surface area (Å²) in [6.07, 6.45) is 2.25. The number of carbonyl (C=O) groups excluding carboxylic acids is 1. The van der Waals surface area contributed by atoms with E-state index in [1.165, 1.54) is 0 Å². The van der Waals surface area contributed by atoms with Crippen LogP contribution in [-0.2, 0) is 9.53 Å². The minimum absolute atomic E-state index is 0.0444. The van der Waals surface area contributed by atoms with Crippen molar-refractivity contribution < 1.29 is 9.53 Å². The van der Waals surface area contributed by atoms with Gasteiger partial charge in [-0.2, -0.15) is 0 Å². The first kappa shape index (κ1) is 12.8. The topological polar surface area (TPSA) is 32.8 Å². The van der Waals surface area contributed by atoms with E-state index in [-0.39, 0.29) is 11.5 Å². The molecular weight excluding hydrogens is 216 g/mol. The first-order chi connectivity index (χ1) is 8.06. The Morgan fingerprint density at radius 1 is 1.47 bits per heavy atom. The predicted octanol–water partition coefficient (Wildman–Crippen LogP) is 1.11. The van der Waals surface area contributed by atoms with Gasteiger partial charge in [-0.05, 0) is 33.2 Å². The molecule has 0 radical (unpaired) electrons. The molecule has 1 aliphatic carbocycles. The Bertz CT molecular complexity index is 287. The maximum Gasteiger partial charge on any atom is 0.236 e. The highest BCUT2D eigenvalue weighted by atomic mass is 16.5. The Labute approximate surface area is 104 Å². The van der Waals surface area contributed by atoms with E-state index in [1.807, 2.05) is 4.90 Å². The number of amides is 1. The summed E-state index contributed by atoms with van der Waals surface area (Å²) in [4.78, 5) is 16.4. The van der Waals surface area contributed by atoms with Crippen molar-refractivity contribution in [3.05, 3.63) is 0 Å². The highest BCUT2D eigenvalue weighted by Crippen LogP contribution is 2.41. The lowest BCUT2D eigenvalue weighted by Gasteiger charge is -2.35. The molecule has 98 valence electrons. The zero-order valence-corrected chi connectivity index (χ0v) is 11.2. The maximum atomic E-state index is 12.2. The molecule has 0 atom stereocenters. The van der Waals surface area contributed by atoms with Crippen LogP contribution < -0.4 is 0 Å². The lowest BCUT2D eigenvalue weighted by atomic mass is 10.2. The lowest BCUT2D eigenvalue weighted by molar-refractivity contribution is -0.142. The van der Waals surface area contributed by atoms with Crippen molar-refractivity contribution in [1.82, 2.24) is 9.80 Å². The van der Waals surface area contributed by atoms with Crippen LogP contribution in [0.15, 0.2) is 0 Å². The maximum absolute atomic E-state index is 12.2. The molecule has 2 rings (SSSR count). The first-order valence-corrected chi connectivity index (χ1v) is 6.72. The van der Waals surface area contributed by atoms with Crippen LogP contribution in [-0.4, -0.2) is 60.1 Å². The fraction of sp³-hybridized carbons (Fsp3) is 0.923. The van der Waals surface area contributed by atoms with E-state index in [1.54, 1.807) is 0 Å². The summed E-state index contributed by atoms with van der Waals surface area (Å²) >= 11 is 0. The van der Waals surface area contributed by atoms with Crippen LogP contribution in [0.4, 0.5) is 0 Å². The van der Waals surface area contributed by atoms with Gasteiger partial charge >= 0.3 is 0 Å². The molecule has 0 aromatic carbocycles. The molecule has 17 heavy (non-hydrogen) atoms. The molecule has 1 heterocycles. The number of carbonyl (C=O) groups is 1. The SMILES string of the molecule is CCN(CC(=O)N1CCOC2(CC2)C1)C(C)C. The molecule has 4 heteroatoms. The molecular formula is C13H24N2O2. The molecule has 0 aromatic heterocycles. The number of ether oxygens (including phenoxy) is 1. The lowest BCUT2D eigenvalue weighted by Crippen LogP contribution is -2.50. The van der Waals surface area contributed by atoms with Crippen molar-refractivity contribution >= 4 is 5.91 Å². The van der Waals surface area contributed by atoms with Gasteiger partial charge in [0, 0.05) is 19.1 Å². The van der Waals surface area contributed by atoms with Crippen LogP contribution in [0.5, 0.6) is 0 Å². The van der Waals surface area contributed by atoms with Gasteiger partial charge in [0.2, 0.25) is 5.91 Å². The Morgan fingerprint density at radius 3 is 2.71 bits per heavy atom. The third-order valence-corrected chi connectivity index (χ3v) is 3.88. The molecule has 1 aliphatic heterocycles. The van der Waals surface area contributed by atoms with Gasteiger partial charge in [-0.3, -0.25) is 9.69 Å². The van der Waals surface area contributed by atoms with Gasteiger partial charge in [-0.1, -0.05) is 6.92 Å². The predicted molar refractivity (Wildman–Crippen MR) is 66.9 cm³/mol. The van der Waals surface area contributed by atoms with Gasteiger partial charge in [0.15, 0.2) is 0 Å². The third kappa shape index (κ3) is 2.99. The van der Waals surface area contributed by atoms with Gasteiger partial charge in [-0.25, -0.2) is 0 Å². The van der Waals surface area contributed by atoms with E-state index >= 15 is 0 Å². The van der Waals surface area contributed by atoms with Crippen molar-refractivity contribution in [1.29, 1.82) is 0 Å². The van der Waals surface area contributed by atoms with Crippen molar-refractivity contribution in [2.24, 2.45) is 0 Å². The van der Waals surface area contributed by atoms with E-state index in [0.29, 0.717) is 19.2 Å². The molecule has 1 saturated heterocycles. The molecule has 0 aromatic rings. The van der Waals surface area contributed by atoms with E-state index in [2.05, 4.69) is 25.7 Å². The zero-order valence-electron chi connectivity index (χ0n) is 11.2. The molecule has 0 bridgehead atoms. The summed E-state index contributed by atoms with van der Waals surface area (Å²) in [5, 5.41) is 0. The Hall–Kier alpha value is -0.610. The normalized spacial score (nSPS) is 22.5. The van der Waals surface area contributed by atoms with Crippen LogP contribution in [0.3, 0.4) is 0 Å². The molecule has 1 spiro atoms. The molecule has 0 N–H and O–H groups in total. The number of morpholine rings is 1. The standard InChI is InChI=1S/C13H24N2O2/c1-4-14(11(2)3)9-12(16)15-7-8-17-13(10-15)5-6-13/h11H,4-10H2,1-3H3. The average molecular weight is 240 g/mol. The second-order valence-electron chi connectivity index (χ2n) is 5.50. The second-order valence-corrected chi connectivity index (χ2v) is 5.50. The number of rotatable bonds is 4. The molecule has 1 saturated carbocycles. The van der Waals surface area contributed by atoms with E-state index < -0.39 is 0 Å². The number of nitrogens with zero attached hydrogens (tertiary/aromatic N) is 2. The van der Waals surface area contributed by atoms with Crippen molar-refractivity contribution in [3.8, 4) is 0 Å². The third-order valence-electron chi connectivity index (χ3n) is 3.88. The van der Waals surface area contributed by atoms with Gasteiger partial charge in [0.05, 0.1) is 18.8 Å². The van der Waals surface area contributed by atoms with Crippen LogP contribution in [0.25, 0.3) is 0 Å². The van der Waals surface area contributed by atoms with Gasteiger partial charge in [0.25, 0.3) is 0 Å². The van der Waals surface area contributed by atoms with Crippen molar-refractivity contribution in [2.45, 2.75) is 45.3 Å². The van der Waals surface area contributed by atoms with Crippen molar-refractivity contribution in [2.75, 3.05) is 32.8 Å². The monoisotopic (exact) mass is 240 g/mol. The highest BCUT2D eigenvalue weighted by Gasteiger charge is 2.48. The summed E-state index contributed by atoms with van der Waals surface area (Å²) in [7, 11) is 0. The van der Waals surface area contributed by atoms with Gasteiger partial charge in [-0.15, -0.1) is 0 Å². The fourth-order valence-corrected chi connectivity index (χ4v) is 2.43. The number of hydrogen-bond donors (Lipinski definition) is 0. The summed E-state index contributed by atoms with van der Waals surface area (Å²) < 4.78 is 5.73. The molecule has 0 unspecified atom stereocenters. The summed E-state index contributed by atoms with van der Waals surface area (Å²) in [6, 6.07) is 0.430. The minimum atomic E-state index is 0.0444. The minimum Gasteiger partial charge on any atom is -0.371 e. The van der Waals surface area contributed by atoms with Gasteiger partial charge < -0.3 is 9.64 Å². The molecule has 1 amide bonds. The van der Waals surface area contributed by atoms with Crippen LogP contribution in [0, 0.1) is 0 Å². The molecule has 4 nitrogen and oxygen atoms in total. The first-order valence-electron chi connectivity index (χ1n) is 6.72. The summed E-state index contributed by atoms with van der Waals surface area (Å²) in [6.45, 7) is 10.1. The number of hydrogen-bond acceptors (Lipinski definition) is 3. The van der Waals surface area contributed by atoms with E-state index in [0.717, 1.165) is 32.5 Å². The largest absolute Gasteiger partial charge is 0.371 e. The second kappa shape index (κ2) is 4.94. The fourth-order valence-electron chi connectivity index (χ4n) is 2.43. The molecule has 2 fully saturated rings. The van der Waals surface area contributed by atoms with Crippen LogP contribution in [0.1, 0.15) is 33.6 Å². The summed E-state index contributed by atoms with van der Waals surface area (Å²) in [5.74, 6) is 0.259. The molecule has 2 aliphatic rings. The Balaban J connectivity index is 1.86. The zero-order chi connectivity index (χ0) is 12.5. The Kier molecular flexibility index (Phi) is 3.73. The average Bonchev–Trinajstić information content (AvgIpc) is 3.04. The smallest absolute Gasteiger partial charge is 0.236 e. The number of likely N-dealkylation sites (N-methyl/N-ethyl adjacent to an activating group) is 1. The van der Waals surface area contributed by atoms with Crippen LogP contribution in [0.2, 0.25) is 0 Å². The van der Waals surface area contributed by atoms with E-state index in [9.17, 15) is 4.79 Å². The summed E-state index contributed by atoms with van der Waals surface area (Å²) in [5.41, 5.74) is 0.0444. The van der Waals surface area contributed by atoms with Crippen molar-refractivity contribution in [3.63, 3.8) is 0 Å². The van der Waals surface area contributed by atoms with Gasteiger partial charge in [0.1, 0.15) is 0 Å².